The third-order valence-corrected chi connectivity index (χ3v) is 3.49. The van der Waals surface area contributed by atoms with E-state index in [1.807, 2.05) is 26.0 Å². The number of rotatable bonds is 5. The van der Waals surface area contributed by atoms with Crippen molar-refractivity contribution in [2.24, 2.45) is 0 Å². The predicted octanol–water partition coefficient (Wildman–Crippen LogP) is 4.08. The number of nitrogens with one attached hydrogen (secondary N) is 1. The molecule has 0 aliphatic heterocycles. The first-order valence-electron chi connectivity index (χ1n) is 6.75. The van der Waals surface area contributed by atoms with Gasteiger partial charge in [-0.25, -0.2) is 4.39 Å². The smallest absolute Gasteiger partial charge is 0.138 e. The molecule has 2 rings (SSSR count). The maximum atomic E-state index is 14.2. The Labute approximate surface area is 132 Å². The second kappa shape index (κ2) is 7.00. The molecule has 0 saturated carbocycles. The zero-order valence-corrected chi connectivity index (χ0v) is 13.8. The fraction of sp³-hybridized carbons (Fsp3) is 0.312. The highest BCUT2D eigenvalue weighted by molar-refractivity contribution is 9.10. The molecule has 0 fully saturated rings. The first-order chi connectivity index (χ1) is 10.0. The lowest BCUT2D eigenvalue weighted by Gasteiger charge is -2.19. The van der Waals surface area contributed by atoms with Crippen LogP contribution in [0.2, 0.25) is 0 Å². The van der Waals surface area contributed by atoms with Crippen LogP contribution >= 0.6 is 15.9 Å². The molecule has 1 N–H and O–H groups in total. The van der Waals surface area contributed by atoms with Crippen LogP contribution in [0, 0.1) is 5.82 Å². The molecule has 1 atom stereocenters. The number of halogens is 2. The van der Waals surface area contributed by atoms with Crippen LogP contribution in [0.4, 0.5) is 4.39 Å². The van der Waals surface area contributed by atoms with Crippen molar-refractivity contribution < 1.29 is 9.13 Å². The average Bonchev–Trinajstić information content (AvgIpc) is 2.41. The Morgan fingerprint density at radius 3 is 2.62 bits per heavy atom. The molecule has 112 valence electrons. The summed E-state index contributed by atoms with van der Waals surface area (Å²) in [5.74, 6) is 0.416. The van der Waals surface area contributed by atoms with E-state index in [0.29, 0.717) is 15.8 Å². The molecule has 1 aromatic carbocycles. The highest BCUT2D eigenvalue weighted by Crippen LogP contribution is 2.27. The highest BCUT2D eigenvalue weighted by Gasteiger charge is 2.17. The zero-order chi connectivity index (χ0) is 15.4. The molecule has 0 amide bonds. The SMILES string of the molecule is CNC(c1cncc(OC(C)C)c1)c1ccc(Br)cc1F. The molecule has 1 unspecified atom stereocenters. The van der Waals surface area contributed by atoms with Gasteiger partial charge in [0.25, 0.3) is 0 Å². The average molecular weight is 353 g/mol. The van der Waals surface area contributed by atoms with Crippen LogP contribution in [-0.2, 0) is 0 Å². The Balaban J connectivity index is 2.37. The maximum Gasteiger partial charge on any atom is 0.138 e. The van der Waals surface area contributed by atoms with Crippen LogP contribution < -0.4 is 10.1 Å². The normalized spacial score (nSPS) is 12.5. The van der Waals surface area contributed by atoms with Crippen molar-refractivity contribution in [2.45, 2.75) is 26.0 Å². The molecule has 0 bridgehead atoms. The molecule has 0 saturated heterocycles. The van der Waals surface area contributed by atoms with Gasteiger partial charge in [0.2, 0.25) is 0 Å². The number of nitrogens with zero attached hydrogens (tertiary/aromatic N) is 1. The third-order valence-electron chi connectivity index (χ3n) is 3.00. The Hall–Kier alpha value is -1.46. The van der Waals surface area contributed by atoms with Crippen molar-refractivity contribution in [3.63, 3.8) is 0 Å². The van der Waals surface area contributed by atoms with Crippen LogP contribution in [0.5, 0.6) is 5.75 Å². The van der Waals surface area contributed by atoms with Crippen LogP contribution in [0.1, 0.15) is 31.0 Å². The Bertz CT molecular complexity index is 619. The number of hydrogen-bond donors (Lipinski definition) is 1. The largest absolute Gasteiger partial charge is 0.489 e. The number of hydrogen-bond acceptors (Lipinski definition) is 3. The lowest BCUT2D eigenvalue weighted by atomic mass is 10.00. The summed E-state index contributed by atoms with van der Waals surface area (Å²) in [5, 5.41) is 3.12. The minimum Gasteiger partial charge on any atom is -0.489 e. The van der Waals surface area contributed by atoms with E-state index < -0.39 is 0 Å². The topological polar surface area (TPSA) is 34.2 Å². The van der Waals surface area contributed by atoms with Gasteiger partial charge >= 0.3 is 0 Å². The zero-order valence-electron chi connectivity index (χ0n) is 12.2. The van der Waals surface area contributed by atoms with Crippen molar-refractivity contribution in [2.75, 3.05) is 7.05 Å². The van der Waals surface area contributed by atoms with E-state index in [9.17, 15) is 4.39 Å². The molecule has 1 aromatic heterocycles. The van der Waals surface area contributed by atoms with Gasteiger partial charge in [-0.1, -0.05) is 22.0 Å². The van der Waals surface area contributed by atoms with Gasteiger partial charge in [0.05, 0.1) is 18.3 Å². The summed E-state index contributed by atoms with van der Waals surface area (Å²) in [5.41, 5.74) is 1.43. The van der Waals surface area contributed by atoms with E-state index in [1.54, 1.807) is 25.5 Å². The second-order valence-corrected chi connectivity index (χ2v) is 5.92. The number of aromatic nitrogens is 1. The molecule has 0 spiro atoms. The first-order valence-corrected chi connectivity index (χ1v) is 7.54. The minimum atomic E-state index is -0.277. The molecule has 2 aromatic rings. The van der Waals surface area contributed by atoms with Crippen molar-refractivity contribution in [1.82, 2.24) is 10.3 Å². The van der Waals surface area contributed by atoms with Gasteiger partial charge in [0.1, 0.15) is 11.6 Å². The highest BCUT2D eigenvalue weighted by atomic mass is 79.9. The fourth-order valence-corrected chi connectivity index (χ4v) is 2.50. The minimum absolute atomic E-state index is 0.0690. The van der Waals surface area contributed by atoms with Gasteiger partial charge in [-0.3, -0.25) is 4.98 Å². The summed E-state index contributed by atoms with van der Waals surface area (Å²) < 4.78 is 20.5. The molecule has 0 aliphatic carbocycles. The molecule has 21 heavy (non-hydrogen) atoms. The molecular formula is C16H18BrFN2O. The summed E-state index contributed by atoms with van der Waals surface area (Å²) in [7, 11) is 1.79. The second-order valence-electron chi connectivity index (χ2n) is 5.01. The Morgan fingerprint density at radius 1 is 1.24 bits per heavy atom. The summed E-state index contributed by atoms with van der Waals surface area (Å²) >= 11 is 3.27. The van der Waals surface area contributed by atoms with Gasteiger partial charge in [-0.15, -0.1) is 0 Å². The van der Waals surface area contributed by atoms with E-state index in [4.69, 9.17) is 4.74 Å². The molecule has 1 heterocycles. The number of benzene rings is 1. The van der Waals surface area contributed by atoms with E-state index >= 15 is 0 Å². The number of pyridine rings is 1. The molecule has 5 heteroatoms. The van der Waals surface area contributed by atoms with Gasteiger partial charge in [-0.05, 0) is 44.7 Å². The van der Waals surface area contributed by atoms with Crippen molar-refractivity contribution >= 4 is 15.9 Å². The van der Waals surface area contributed by atoms with E-state index in [1.165, 1.54) is 6.07 Å². The van der Waals surface area contributed by atoms with Crippen LogP contribution in [0.15, 0.2) is 41.1 Å². The Morgan fingerprint density at radius 2 is 2.00 bits per heavy atom. The first kappa shape index (κ1) is 15.9. The lowest BCUT2D eigenvalue weighted by molar-refractivity contribution is 0.241. The van der Waals surface area contributed by atoms with Gasteiger partial charge in [0, 0.05) is 16.2 Å². The number of ether oxygens (including phenoxy) is 1. The summed E-state index contributed by atoms with van der Waals surface area (Å²) in [6.45, 7) is 3.91. The Kier molecular flexibility index (Phi) is 5.31. The van der Waals surface area contributed by atoms with E-state index in [2.05, 4.69) is 26.2 Å². The monoisotopic (exact) mass is 352 g/mol. The van der Waals surface area contributed by atoms with Gasteiger partial charge in [-0.2, -0.15) is 0 Å². The summed E-state index contributed by atoms with van der Waals surface area (Å²) in [4.78, 5) is 4.18. The third kappa shape index (κ3) is 4.02. The van der Waals surface area contributed by atoms with Crippen LogP contribution in [0.25, 0.3) is 0 Å². The van der Waals surface area contributed by atoms with E-state index in [-0.39, 0.29) is 18.0 Å². The summed E-state index contributed by atoms with van der Waals surface area (Å²) in [6.07, 6.45) is 3.45. The summed E-state index contributed by atoms with van der Waals surface area (Å²) in [6, 6.07) is 6.65. The van der Waals surface area contributed by atoms with E-state index in [0.717, 1.165) is 5.56 Å². The lowest BCUT2D eigenvalue weighted by Crippen LogP contribution is -2.19. The molecule has 0 radical (unpaired) electrons. The quantitative estimate of drug-likeness (QED) is 0.880. The predicted molar refractivity (Wildman–Crippen MR) is 85.0 cm³/mol. The molecule has 0 aliphatic rings. The van der Waals surface area contributed by atoms with Crippen molar-refractivity contribution in [3.8, 4) is 5.75 Å². The fourth-order valence-electron chi connectivity index (χ4n) is 2.17. The van der Waals surface area contributed by atoms with Gasteiger partial charge < -0.3 is 10.1 Å². The van der Waals surface area contributed by atoms with Crippen LogP contribution in [-0.4, -0.2) is 18.1 Å². The molecule has 3 nitrogen and oxygen atoms in total. The maximum absolute atomic E-state index is 14.2. The van der Waals surface area contributed by atoms with Crippen molar-refractivity contribution in [1.29, 1.82) is 0 Å². The standard InChI is InChI=1S/C16H18BrFN2O/c1-10(2)21-13-6-11(8-20-9-13)16(19-3)14-5-4-12(17)7-15(14)18/h4-10,16,19H,1-3H3. The van der Waals surface area contributed by atoms with Gasteiger partial charge in [0.15, 0.2) is 0 Å². The molecular weight excluding hydrogens is 335 g/mol. The van der Waals surface area contributed by atoms with Crippen molar-refractivity contribution in [3.05, 3.63) is 58.1 Å². The van der Waals surface area contributed by atoms with Crippen LogP contribution in [0.3, 0.4) is 0 Å².